The average molecular weight is 519 g/mol. The van der Waals surface area contributed by atoms with Crippen molar-refractivity contribution in [2.45, 2.75) is 40.0 Å². The Hall–Kier alpha value is -1.70. The number of piperazine rings is 1. The van der Waals surface area contributed by atoms with Crippen LogP contribution in [-0.2, 0) is 12.8 Å². The summed E-state index contributed by atoms with van der Waals surface area (Å²) < 4.78 is 0.930. The molecule has 0 saturated carbocycles. The van der Waals surface area contributed by atoms with Gasteiger partial charge in [0.15, 0.2) is 0 Å². The molecule has 7 heteroatoms. The standard InChI is InChI=1S/C25H32BrN3O2S/c1-25(2,3)17-7-10-19-20(15-17)32-23(27-22(30)16-5-8-18(26)9-6-16)21(19)24(31)29-13-11-28(4)12-14-29/h5-6,8-9,17H,7,10-15H2,1-4H3,(H,27,30). The Morgan fingerprint density at radius 1 is 1.09 bits per heavy atom. The number of benzene rings is 1. The van der Waals surface area contributed by atoms with E-state index in [4.69, 9.17) is 0 Å². The summed E-state index contributed by atoms with van der Waals surface area (Å²) in [5.74, 6) is 0.474. The average Bonchev–Trinajstić information content (AvgIpc) is 3.10. The molecule has 2 aromatic rings. The molecule has 1 aromatic heterocycles. The fourth-order valence-corrected chi connectivity index (χ4v) is 6.16. The van der Waals surface area contributed by atoms with E-state index in [1.807, 2.05) is 17.0 Å². The highest BCUT2D eigenvalue weighted by Crippen LogP contribution is 2.44. The number of anilines is 1. The molecule has 5 nitrogen and oxygen atoms in total. The van der Waals surface area contributed by atoms with E-state index in [2.05, 4.69) is 54.0 Å². The summed E-state index contributed by atoms with van der Waals surface area (Å²) in [6.07, 6.45) is 2.95. The second-order valence-electron chi connectivity index (χ2n) is 10.1. The molecule has 32 heavy (non-hydrogen) atoms. The van der Waals surface area contributed by atoms with E-state index in [0.29, 0.717) is 16.5 Å². The number of carbonyl (C=O) groups excluding carboxylic acids is 2. The molecule has 4 rings (SSSR count). The molecule has 172 valence electrons. The fourth-order valence-electron chi connectivity index (χ4n) is 4.58. The SMILES string of the molecule is CN1CCN(C(=O)c2c(NC(=O)c3ccc(Br)cc3)sc3c2CCC(C(C)(C)C)C3)CC1. The maximum atomic E-state index is 13.7. The van der Waals surface area contributed by atoms with Crippen molar-refractivity contribution in [2.75, 3.05) is 38.5 Å². The lowest BCUT2D eigenvalue weighted by Gasteiger charge is -2.35. The number of hydrogen-bond donors (Lipinski definition) is 1. The summed E-state index contributed by atoms with van der Waals surface area (Å²) in [6, 6.07) is 7.31. The van der Waals surface area contributed by atoms with Crippen molar-refractivity contribution >= 4 is 44.1 Å². The monoisotopic (exact) mass is 517 g/mol. The fraction of sp³-hybridized carbons (Fsp3) is 0.520. The Labute approximate surface area is 203 Å². The zero-order valence-corrected chi connectivity index (χ0v) is 21.7. The smallest absolute Gasteiger partial charge is 0.257 e. The molecule has 1 fully saturated rings. The first-order chi connectivity index (χ1) is 15.1. The van der Waals surface area contributed by atoms with Gasteiger partial charge in [-0.05, 0) is 67.5 Å². The highest BCUT2D eigenvalue weighted by molar-refractivity contribution is 9.10. The number of likely N-dealkylation sites (N-methyl/N-ethyl adjacent to an activating group) is 1. The van der Waals surface area contributed by atoms with E-state index in [1.165, 1.54) is 4.88 Å². The van der Waals surface area contributed by atoms with Crippen LogP contribution >= 0.6 is 27.3 Å². The van der Waals surface area contributed by atoms with Gasteiger partial charge in [0.2, 0.25) is 0 Å². The van der Waals surface area contributed by atoms with Crippen LogP contribution in [0, 0.1) is 11.3 Å². The number of carbonyl (C=O) groups is 2. The van der Waals surface area contributed by atoms with Gasteiger partial charge in [0.1, 0.15) is 5.00 Å². The molecular formula is C25H32BrN3O2S. The Balaban J connectivity index is 1.66. The van der Waals surface area contributed by atoms with Crippen molar-refractivity contribution in [2.24, 2.45) is 11.3 Å². The van der Waals surface area contributed by atoms with Crippen LogP contribution in [-0.4, -0.2) is 54.8 Å². The quantitative estimate of drug-likeness (QED) is 0.600. The zero-order chi connectivity index (χ0) is 23.0. The van der Waals surface area contributed by atoms with Crippen molar-refractivity contribution in [1.29, 1.82) is 0 Å². The number of amides is 2. The van der Waals surface area contributed by atoms with Crippen LogP contribution in [0.2, 0.25) is 0 Å². The van der Waals surface area contributed by atoms with Gasteiger partial charge in [0.25, 0.3) is 11.8 Å². The number of halogens is 1. The van der Waals surface area contributed by atoms with E-state index < -0.39 is 0 Å². The Bertz CT molecular complexity index is 1000. The second-order valence-corrected chi connectivity index (χ2v) is 12.1. The number of thiophene rings is 1. The second kappa shape index (κ2) is 9.27. The van der Waals surface area contributed by atoms with Gasteiger partial charge in [0, 0.05) is 41.1 Å². The van der Waals surface area contributed by atoms with E-state index >= 15 is 0 Å². The largest absolute Gasteiger partial charge is 0.336 e. The van der Waals surface area contributed by atoms with Gasteiger partial charge in [-0.1, -0.05) is 36.7 Å². The molecule has 1 aromatic carbocycles. The molecular weight excluding hydrogens is 486 g/mol. The van der Waals surface area contributed by atoms with Crippen molar-refractivity contribution < 1.29 is 9.59 Å². The summed E-state index contributed by atoms with van der Waals surface area (Å²) in [5, 5.41) is 3.80. The summed E-state index contributed by atoms with van der Waals surface area (Å²) in [6.45, 7) is 10.1. The molecule has 1 unspecified atom stereocenters. The van der Waals surface area contributed by atoms with E-state index in [1.54, 1.807) is 23.5 Å². The van der Waals surface area contributed by atoms with Crippen LogP contribution < -0.4 is 5.32 Å². The minimum atomic E-state index is -0.170. The van der Waals surface area contributed by atoms with Gasteiger partial charge in [-0.3, -0.25) is 9.59 Å². The molecule has 2 heterocycles. The minimum Gasteiger partial charge on any atom is -0.336 e. The Kier molecular flexibility index (Phi) is 6.80. The lowest BCUT2D eigenvalue weighted by atomic mass is 9.72. The molecule has 1 aliphatic heterocycles. The van der Waals surface area contributed by atoms with Gasteiger partial charge in [-0.25, -0.2) is 0 Å². The van der Waals surface area contributed by atoms with E-state index in [0.717, 1.165) is 61.0 Å². The van der Waals surface area contributed by atoms with Gasteiger partial charge in [-0.15, -0.1) is 11.3 Å². The number of hydrogen-bond acceptors (Lipinski definition) is 4. The van der Waals surface area contributed by atoms with Crippen molar-refractivity contribution in [3.05, 3.63) is 50.3 Å². The molecule has 0 spiro atoms. The van der Waals surface area contributed by atoms with E-state index in [9.17, 15) is 9.59 Å². The minimum absolute atomic E-state index is 0.0657. The van der Waals surface area contributed by atoms with Crippen molar-refractivity contribution in [3.63, 3.8) is 0 Å². The maximum absolute atomic E-state index is 13.7. The first kappa shape index (κ1) is 23.5. The first-order valence-electron chi connectivity index (χ1n) is 11.3. The third-order valence-corrected chi connectivity index (χ3v) is 8.53. The lowest BCUT2D eigenvalue weighted by Crippen LogP contribution is -2.47. The Morgan fingerprint density at radius 2 is 1.75 bits per heavy atom. The Morgan fingerprint density at radius 3 is 2.38 bits per heavy atom. The van der Waals surface area contributed by atoms with Gasteiger partial charge in [-0.2, -0.15) is 0 Å². The van der Waals surface area contributed by atoms with Crippen LogP contribution in [0.5, 0.6) is 0 Å². The van der Waals surface area contributed by atoms with Gasteiger partial charge in [0.05, 0.1) is 5.56 Å². The molecule has 1 aliphatic carbocycles. The summed E-state index contributed by atoms with van der Waals surface area (Å²) >= 11 is 5.02. The number of nitrogens with one attached hydrogen (secondary N) is 1. The number of fused-ring (bicyclic) bond motifs is 1. The number of rotatable bonds is 3. The first-order valence-corrected chi connectivity index (χ1v) is 12.9. The highest BCUT2D eigenvalue weighted by atomic mass is 79.9. The zero-order valence-electron chi connectivity index (χ0n) is 19.3. The molecule has 0 radical (unpaired) electrons. The van der Waals surface area contributed by atoms with Crippen LogP contribution in [0.15, 0.2) is 28.7 Å². The molecule has 1 atom stereocenters. The normalized spacial score (nSPS) is 19.5. The predicted molar refractivity (Wildman–Crippen MR) is 135 cm³/mol. The molecule has 1 saturated heterocycles. The maximum Gasteiger partial charge on any atom is 0.257 e. The van der Waals surface area contributed by atoms with Crippen LogP contribution in [0.25, 0.3) is 0 Å². The third kappa shape index (κ3) is 4.95. The molecule has 2 amide bonds. The summed E-state index contributed by atoms with van der Waals surface area (Å²) in [5.41, 5.74) is 2.70. The van der Waals surface area contributed by atoms with Crippen LogP contribution in [0.3, 0.4) is 0 Å². The number of nitrogens with zero attached hydrogens (tertiary/aromatic N) is 2. The van der Waals surface area contributed by atoms with Crippen LogP contribution in [0.4, 0.5) is 5.00 Å². The highest BCUT2D eigenvalue weighted by Gasteiger charge is 2.35. The van der Waals surface area contributed by atoms with Gasteiger partial charge < -0.3 is 15.1 Å². The van der Waals surface area contributed by atoms with Crippen molar-refractivity contribution in [3.8, 4) is 0 Å². The van der Waals surface area contributed by atoms with Crippen LogP contribution in [0.1, 0.15) is 58.3 Å². The lowest BCUT2D eigenvalue weighted by molar-refractivity contribution is 0.0664. The summed E-state index contributed by atoms with van der Waals surface area (Å²) in [4.78, 5) is 32.1. The summed E-state index contributed by atoms with van der Waals surface area (Å²) in [7, 11) is 2.09. The third-order valence-electron chi connectivity index (χ3n) is 6.83. The van der Waals surface area contributed by atoms with Gasteiger partial charge >= 0.3 is 0 Å². The van der Waals surface area contributed by atoms with Crippen molar-refractivity contribution in [1.82, 2.24) is 9.80 Å². The topological polar surface area (TPSA) is 52.6 Å². The molecule has 0 bridgehead atoms. The molecule has 2 aliphatic rings. The predicted octanol–water partition coefficient (Wildman–Crippen LogP) is 5.30. The van der Waals surface area contributed by atoms with E-state index in [-0.39, 0.29) is 17.2 Å². The molecule has 1 N–H and O–H groups in total.